The Balaban J connectivity index is 2.70. The van der Waals surface area contributed by atoms with Crippen LogP contribution in [0.25, 0.3) is 11.2 Å². The molecular formula is C10H10Cl2N4O2. The maximum Gasteiger partial charge on any atom is 0.331 e. The first-order valence-electron chi connectivity index (χ1n) is 5.03. The van der Waals surface area contributed by atoms with Crippen molar-refractivity contribution in [3.8, 4) is 0 Å². The number of methoxy groups -OCH3 is 1. The number of esters is 1. The summed E-state index contributed by atoms with van der Waals surface area (Å²) in [4.78, 5) is 23.6. The number of imidazole rings is 1. The third-order valence-corrected chi connectivity index (χ3v) is 3.05. The molecule has 18 heavy (non-hydrogen) atoms. The van der Waals surface area contributed by atoms with E-state index in [2.05, 4.69) is 15.0 Å². The van der Waals surface area contributed by atoms with Crippen LogP contribution in [-0.4, -0.2) is 32.6 Å². The van der Waals surface area contributed by atoms with Gasteiger partial charge in [-0.05, 0) is 25.4 Å². The molecule has 0 amide bonds. The average molecular weight is 289 g/mol. The van der Waals surface area contributed by atoms with Crippen LogP contribution in [0.15, 0.2) is 6.33 Å². The highest BCUT2D eigenvalue weighted by Crippen LogP contribution is 2.27. The number of fused-ring (bicyclic) bond motifs is 1. The minimum absolute atomic E-state index is 0.00799. The van der Waals surface area contributed by atoms with E-state index in [1.807, 2.05) is 0 Å². The molecule has 0 radical (unpaired) electrons. The zero-order valence-electron chi connectivity index (χ0n) is 9.94. The first-order valence-corrected chi connectivity index (χ1v) is 5.78. The van der Waals surface area contributed by atoms with E-state index in [1.165, 1.54) is 13.4 Å². The lowest BCUT2D eigenvalue weighted by Crippen LogP contribution is -2.36. The summed E-state index contributed by atoms with van der Waals surface area (Å²) in [6.45, 7) is 3.37. The predicted molar refractivity (Wildman–Crippen MR) is 66.7 cm³/mol. The minimum atomic E-state index is -0.968. The lowest BCUT2D eigenvalue weighted by Gasteiger charge is -2.23. The fraction of sp³-hybridized carbons (Fsp3) is 0.400. The summed E-state index contributed by atoms with van der Waals surface area (Å²) in [5.74, 6) is -0.423. The van der Waals surface area contributed by atoms with Gasteiger partial charge in [-0.15, -0.1) is 0 Å². The van der Waals surface area contributed by atoms with E-state index >= 15 is 0 Å². The van der Waals surface area contributed by atoms with Gasteiger partial charge in [-0.25, -0.2) is 14.8 Å². The van der Waals surface area contributed by atoms with Gasteiger partial charge in [0.25, 0.3) is 0 Å². The number of nitrogens with zero attached hydrogens (tertiary/aromatic N) is 4. The van der Waals surface area contributed by atoms with E-state index in [1.54, 1.807) is 18.4 Å². The van der Waals surface area contributed by atoms with Crippen LogP contribution in [0.4, 0.5) is 0 Å². The summed E-state index contributed by atoms with van der Waals surface area (Å²) < 4.78 is 6.32. The van der Waals surface area contributed by atoms with Crippen molar-refractivity contribution in [1.82, 2.24) is 19.5 Å². The fourth-order valence-corrected chi connectivity index (χ4v) is 2.09. The highest BCUT2D eigenvalue weighted by molar-refractivity contribution is 6.35. The summed E-state index contributed by atoms with van der Waals surface area (Å²) in [6, 6.07) is 0. The van der Waals surface area contributed by atoms with Crippen LogP contribution in [0, 0.1) is 0 Å². The van der Waals surface area contributed by atoms with E-state index < -0.39 is 11.5 Å². The predicted octanol–water partition coefficient (Wildman–Crippen LogP) is 2.04. The number of hydrogen-bond donors (Lipinski definition) is 0. The molecule has 0 spiro atoms. The molecule has 8 heteroatoms. The summed E-state index contributed by atoms with van der Waals surface area (Å²) in [6.07, 6.45) is 1.46. The molecule has 2 heterocycles. The van der Waals surface area contributed by atoms with Crippen LogP contribution in [0.3, 0.4) is 0 Å². The van der Waals surface area contributed by atoms with Crippen LogP contribution in [0.1, 0.15) is 13.8 Å². The molecule has 0 saturated carbocycles. The molecule has 0 fully saturated rings. The summed E-state index contributed by atoms with van der Waals surface area (Å²) in [7, 11) is 1.32. The highest BCUT2D eigenvalue weighted by atomic mass is 35.5. The molecule has 0 atom stereocenters. The molecule has 2 aromatic rings. The van der Waals surface area contributed by atoms with Crippen molar-refractivity contribution in [3.63, 3.8) is 0 Å². The molecule has 0 aliphatic carbocycles. The maximum absolute atomic E-state index is 11.8. The number of ether oxygens (including phenoxy) is 1. The van der Waals surface area contributed by atoms with Gasteiger partial charge in [0, 0.05) is 0 Å². The Kier molecular flexibility index (Phi) is 3.16. The normalized spacial score (nSPS) is 11.8. The quantitative estimate of drug-likeness (QED) is 0.480. The maximum atomic E-state index is 11.8. The highest BCUT2D eigenvalue weighted by Gasteiger charge is 2.33. The van der Waals surface area contributed by atoms with Crippen LogP contribution < -0.4 is 0 Å². The molecule has 6 nitrogen and oxygen atoms in total. The van der Waals surface area contributed by atoms with Gasteiger partial charge in [0.2, 0.25) is 5.28 Å². The molecule has 0 aromatic carbocycles. The minimum Gasteiger partial charge on any atom is -0.467 e. The number of carbonyl (C=O) groups excluding carboxylic acids is 1. The van der Waals surface area contributed by atoms with Crippen LogP contribution >= 0.6 is 23.2 Å². The van der Waals surface area contributed by atoms with Gasteiger partial charge in [0.1, 0.15) is 11.1 Å². The van der Waals surface area contributed by atoms with Crippen LogP contribution in [-0.2, 0) is 15.1 Å². The molecule has 0 saturated heterocycles. The van der Waals surface area contributed by atoms with Crippen LogP contribution in [0.2, 0.25) is 10.4 Å². The topological polar surface area (TPSA) is 69.9 Å². The number of carbonyl (C=O) groups is 1. The van der Waals surface area contributed by atoms with Crippen molar-refractivity contribution in [2.24, 2.45) is 0 Å². The first kappa shape index (κ1) is 13.0. The van der Waals surface area contributed by atoms with Crippen molar-refractivity contribution in [3.05, 3.63) is 16.8 Å². The lowest BCUT2D eigenvalue weighted by molar-refractivity contribution is -0.149. The number of rotatable bonds is 2. The number of aromatic nitrogens is 4. The van der Waals surface area contributed by atoms with Gasteiger partial charge < -0.3 is 9.30 Å². The summed E-state index contributed by atoms with van der Waals surface area (Å²) in [5, 5.41) is 0.146. The van der Waals surface area contributed by atoms with E-state index in [0.29, 0.717) is 11.2 Å². The Hall–Kier alpha value is -1.40. The molecule has 96 valence electrons. The number of hydrogen-bond acceptors (Lipinski definition) is 5. The van der Waals surface area contributed by atoms with Gasteiger partial charge in [-0.1, -0.05) is 11.6 Å². The monoisotopic (exact) mass is 288 g/mol. The van der Waals surface area contributed by atoms with Crippen molar-refractivity contribution in [2.45, 2.75) is 19.4 Å². The second kappa shape index (κ2) is 4.37. The standard InChI is InChI=1S/C10H10Cl2N4O2/c1-10(2,8(17)18-3)16-4-13-7-5(16)6(11)14-9(12)15-7/h4H,1-3H3. The van der Waals surface area contributed by atoms with Crippen molar-refractivity contribution < 1.29 is 9.53 Å². The Labute approximate surface area is 113 Å². The number of halogens is 2. The Morgan fingerprint density at radius 2 is 2.06 bits per heavy atom. The molecule has 2 rings (SSSR count). The van der Waals surface area contributed by atoms with E-state index in [-0.39, 0.29) is 10.4 Å². The van der Waals surface area contributed by atoms with Gasteiger partial charge in [0.15, 0.2) is 10.8 Å². The Morgan fingerprint density at radius 3 is 2.67 bits per heavy atom. The van der Waals surface area contributed by atoms with Gasteiger partial charge in [-0.3, -0.25) is 0 Å². The smallest absolute Gasteiger partial charge is 0.331 e. The zero-order chi connectivity index (χ0) is 13.5. The van der Waals surface area contributed by atoms with E-state index in [0.717, 1.165) is 0 Å². The first-order chi connectivity index (χ1) is 8.37. The summed E-state index contributed by atoms with van der Waals surface area (Å²) in [5.41, 5.74) is -0.196. The molecule has 0 aliphatic rings. The van der Waals surface area contributed by atoms with E-state index in [9.17, 15) is 4.79 Å². The molecule has 2 aromatic heterocycles. The van der Waals surface area contributed by atoms with Gasteiger partial charge in [0.05, 0.1) is 13.4 Å². The molecule has 0 N–H and O–H groups in total. The molecule has 0 unspecified atom stereocenters. The van der Waals surface area contributed by atoms with Crippen molar-refractivity contribution >= 4 is 40.3 Å². The second-order valence-corrected chi connectivity index (χ2v) is 4.82. The van der Waals surface area contributed by atoms with E-state index in [4.69, 9.17) is 27.9 Å². The third-order valence-electron chi connectivity index (χ3n) is 2.62. The lowest BCUT2D eigenvalue weighted by atomic mass is 10.1. The Bertz CT molecular complexity index is 624. The Morgan fingerprint density at radius 1 is 1.39 bits per heavy atom. The average Bonchev–Trinajstić information content (AvgIpc) is 2.72. The molecule has 0 aliphatic heterocycles. The largest absolute Gasteiger partial charge is 0.467 e. The molecular weight excluding hydrogens is 279 g/mol. The van der Waals surface area contributed by atoms with Crippen molar-refractivity contribution in [1.29, 1.82) is 0 Å². The SMILES string of the molecule is COC(=O)C(C)(C)n1cnc2nc(Cl)nc(Cl)c21. The van der Waals surface area contributed by atoms with Gasteiger partial charge >= 0.3 is 5.97 Å². The van der Waals surface area contributed by atoms with Gasteiger partial charge in [-0.2, -0.15) is 4.98 Å². The third kappa shape index (κ3) is 1.91. The fourth-order valence-electron chi connectivity index (χ4n) is 1.63. The van der Waals surface area contributed by atoms with Crippen LogP contribution in [0.5, 0.6) is 0 Å². The summed E-state index contributed by atoms with van der Waals surface area (Å²) >= 11 is 11.7. The molecule has 0 bridgehead atoms. The second-order valence-electron chi connectivity index (χ2n) is 4.12. The zero-order valence-corrected chi connectivity index (χ0v) is 11.5. The van der Waals surface area contributed by atoms with Crippen molar-refractivity contribution in [2.75, 3.05) is 7.11 Å².